The average Bonchev–Trinajstić information content (AvgIpc) is 2.16. The van der Waals surface area contributed by atoms with Gasteiger partial charge in [0.15, 0.2) is 0 Å². The van der Waals surface area contributed by atoms with Gasteiger partial charge in [-0.1, -0.05) is 0 Å². The van der Waals surface area contributed by atoms with Crippen LogP contribution in [0.25, 0.3) is 0 Å². The van der Waals surface area contributed by atoms with Crippen LogP contribution in [0.3, 0.4) is 0 Å². The average molecular weight is 243 g/mol. The van der Waals surface area contributed by atoms with Gasteiger partial charge in [0, 0.05) is 38.1 Å². The topological polar surface area (TPSA) is 56.6 Å². The summed E-state index contributed by atoms with van der Waals surface area (Å²) in [6.07, 6.45) is -0.269. The zero-order valence-corrected chi connectivity index (χ0v) is 10.7. The van der Waals surface area contributed by atoms with Crippen molar-refractivity contribution in [1.29, 1.82) is 5.26 Å². The van der Waals surface area contributed by atoms with Crippen molar-refractivity contribution in [3.05, 3.63) is 0 Å². The van der Waals surface area contributed by atoms with E-state index in [-0.39, 0.29) is 6.09 Å². The summed E-state index contributed by atoms with van der Waals surface area (Å²) in [6.45, 7) is 8.20. The van der Waals surface area contributed by atoms with Crippen molar-refractivity contribution < 1.29 is 9.53 Å². The highest BCUT2D eigenvalue weighted by molar-refractivity contribution is 8.01. The highest BCUT2D eigenvalue weighted by Gasteiger charge is 2.25. The minimum Gasteiger partial charge on any atom is -0.444 e. The van der Waals surface area contributed by atoms with Gasteiger partial charge in [-0.15, -0.1) is 0 Å². The Morgan fingerprint density at radius 3 is 2.31 bits per heavy atom. The molecule has 0 radical (unpaired) electrons. The standard InChI is InChI=1S/C10H17N3O2S/c1-10(2,3)15-9(14)12-4-6-13(7-5-12)16-8-11/h4-7H2,1-3H3. The van der Waals surface area contributed by atoms with E-state index < -0.39 is 5.60 Å². The van der Waals surface area contributed by atoms with Gasteiger partial charge in [-0.05, 0) is 20.8 Å². The normalized spacial score (nSPS) is 18.0. The molecule has 0 bridgehead atoms. The van der Waals surface area contributed by atoms with Gasteiger partial charge >= 0.3 is 6.09 Å². The fourth-order valence-corrected chi connectivity index (χ4v) is 1.81. The number of ether oxygens (including phenoxy) is 1. The number of hydrogen-bond acceptors (Lipinski definition) is 5. The predicted molar refractivity (Wildman–Crippen MR) is 62.6 cm³/mol. The number of carbonyl (C=O) groups excluding carboxylic acids is 1. The largest absolute Gasteiger partial charge is 0.444 e. The molecule has 0 aliphatic carbocycles. The van der Waals surface area contributed by atoms with E-state index >= 15 is 0 Å². The lowest BCUT2D eigenvalue weighted by Crippen LogP contribution is -2.47. The Labute approximate surface area is 100 Å². The van der Waals surface area contributed by atoms with Crippen molar-refractivity contribution in [2.24, 2.45) is 0 Å². The molecule has 1 heterocycles. The summed E-state index contributed by atoms with van der Waals surface area (Å²) in [5, 5.41) is 10.5. The van der Waals surface area contributed by atoms with Gasteiger partial charge < -0.3 is 9.64 Å². The van der Waals surface area contributed by atoms with E-state index in [0.29, 0.717) is 26.2 Å². The van der Waals surface area contributed by atoms with Crippen LogP contribution in [0.4, 0.5) is 4.79 Å². The van der Waals surface area contributed by atoms with Crippen LogP contribution in [-0.4, -0.2) is 47.1 Å². The summed E-state index contributed by atoms with van der Waals surface area (Å²) < 4.78 is 7.21. The molecule has 0 atom stereocenters. The molecule has 0 N–H and O–H groups in total. The first kappa shape index (κ1) is 13.1. The summed E-state index contributed by atoms with van der Waals surface area (Å²) in [5.41, 5.74) is -0.449. The maximum Gasteiger partial charge on any atom is 0.410 e. The summed E-state index contributed by atoms with van der Waals surface area (Å²) in [7, 11) is 0. The molecule has 0 aromatic rings. The molecule has 6 heteroatoms. The second-order valence-electron chi connectivity index (χ2n) is 4.58. The SMILES string of the molecule is CC(C)(C)OC(=O)N1CCN(SC#N)CC1. The van der Waals surface area contributed by atoms with E-state index in [9.17, 15) is 4.79 Å². The Morgan fingerprint density at radius 2 is 1.88 bits per heavy atom. The maximum absolute atomic E-state index is 11.7. The van der Waals surface area contributed by atoms with Gasteiger partial charge in [0.25, 0.3) is 0 Å². The highest BCUT2D eigenvalue weighted by atomic mass is 32.2. The second kappa shape index (κ2) is 5.41. The molecule has 1 aliphatic rings. The molecule has 1 fully saturated rings. The Kier molecular flexibility index (Phi) is 4.44. The number of thiocyanates is 1. The van der Waals surface area contributed by atoms with Crippen molar-refractivity contribution in [3.63, 3.8) is 0 Å². The van der Waals surface area contributed by atoms with Crippen LogP contribution in [0.15, 0.2) is 0 Å². The first-order valence-corrected chi connectivity index (χ1v) is 5.98. The van der Waals surface area contributed by atoms with E-state index in [1.165, 1.54) is 0 Å². The van der Waals surface area contributed by atoms with E-state index in [2.05, 4.69) is 0 Å². The third kappa shape index (κ3) is 4.29. The van der Waals surface area contributed by atoms with Crippen molar-refractivity contribution in [1.82, 2.24) is 9.21 Å². The fraction of sp³-hybridized carbons (Fsp3) is 0.800. The number of amides is 1. The van der Waals surface area contributed by atoms with E-state index in [4.69, 9.17) is 10.00 Å². The lowest BCUT2D eigenvalue weighted by Gasteiger charge is -2.33. The van der Waals surface area contributed by atoms with E-state index in [1.807, 2.05) is 30.5 Å². The lowest BCUT2D eigenvalue weighted by atomic mass is 10.2. The fourth-order valence-electron chi connectivity index (χ4n) is 1.35. The van der Waals surface area contributed by atoms with Gasteiger partial charge in [0.2, 0.25) is 0 Å². The number of carbonyl (C=O) groups is 1. The molecule has 16 heavy (non-hydrogen) atoms. The molecule has 1 saturated heterocycles. The second-order valence-corrected chi connectivity index (χ2v) is 5.46. The molecule has 0 spiro atoms. The van der Waals surface area contributed by atoms with Crippen LogP contribution in [0.5, 0.6) is 0 Å². The van der Waals surface area contributed by atoms with Crippen LogP contribution in [0.1, 0.15) is 20.8 Å². The van der Waals surface area contributed by atoms with Crippen molar-refractivity contribution in [2.45, 2.75) is 26.4 Å². The van der Waals surface area contributed by atoms with E-state index in [1.54, 1.807) is 4.90 Å². The highest BCUT2D eigenvalue weighted by Crippen LogP contribution is 2.15. The first-order valence-electron chi connectivity index (χ1n) is 5.21. The van der Waals surface area contributed by atoms with Gasteiger partial charge in [0.1, 0.15) is 11.0 Å². The van der Waals surface area contributed by atoms with E-state index in [0.717, 1.165) is 11.9 Å². The zero-order valence-electron chi connectivity index (χ0n) is 9.89. The molecule has 1 amide bonds. The molecular weight excluding hydrogens is 226 g/mol. The Hall–Kier alpha value is -0.930. The maximum atomic E-state index is 11.7. The number of nitriles is 1. The molecule has 90 valence electrons. The van der Waals surface area contributed by atoms with Crippen LogP contribution in [0.2, 0.25) is 0 Å². The summed E-state index contributed by atoms with van der Waals surface area (Å²) in [4.78, 5) is 13.4. The molecule has 0 aromatic carbocycles. The molecule has 0 saturated carbocycles. The third-order valence-corrected chi connectivity index (χ3v) is 2.77. The smallest absolute Gasteiger partial charge is 0.410 e. The van der Waals surface area contributed by atoms with Crippen molar-refractivity contribution in [3.8, 4) is 5.40 Å². The minimum absolute atomic E-state index is 0.269. The first-order chi connectivity index (χ1) is 7.42. The molecule has 1 aliphatic heterocycles. The quantitative estimate of drug-likeness (QED) is 0.518. The van der Waals surface area contributed by atoms with Crippen LogP contribution in [-0.2, 0) is 4.74 Å². The van der Waals surface area contributed by atoms with Crippen LogP contribution >= 0.6 is 11.9 Å². The van der Waals surface area contributed by atoms with Gasteiger partial charge in [-0.25, -0.2) is 9.10 Å². The lowest BCUT2D eigenvalue weighted by molar-refractivity contribution is 0.0198. The Morgan fingerprint density at radius 1 is 1.31 bits per heavy atom. The summed E-state index contributed by atoms with van der Waals surface area (Å²) in [5.74, 6) is 0. The number of hydrogen-bond donors (Lipinski definition) is 0. The predicted octanol–water partition coefficient (Wildman–Crippen LogP) is 1.67. The van der Waals surface area contributed by atoms with Crippen molar-refractivity contribution in [2.75, 3.05) is 26.2 Å². The molecule has 0 aromatic heterocycles. The van der Waals surface area contributed by atoms with Gasteiger partial charge in [0.05, 0.1) is 0 Å². The minimum atomic E-state index is -0.449. The van der Waals surface area contributed by atoms with Gasteiger partial charge in [-0.3, -0.25) is 0 Å². The molecule has 1 rings (SSSR count). The zero-order chi connectivity index (χ0) is 12.2. The van der Waals surface area contributed by atoms with Gasteiger partial charge in [-0.2, -0.15) is 5.26 Å². The Balaban J connectivity index is 2.37. The van der Waals surface area contributed by atoms with Crippen LogP contribution < -0.4 is 0 Å². The third-order valence-electron chi connectivity index (χ3n) is 2.06. The number of nitrogens with zero attached hydrogens (tertiary/aromatic N) is 3. The van der Waals surface area contributed by atoms with Crippen molar-refractivity contribution >= 4 is 18.0 Å². The summed E-state index contributed by atoms with van der Waals surface area (Å²) in [6, 6.07) is 0. The molecule has 5 nitrogen and oxygen atoms in total. The Bertz CT molecular complexity index is 287. The number of piperazine rings is 1. The number of rotatable bonds is 1. The summed E-state index contributed by atoms with van der Waals surface area (Å²) >= 11 is 1.14. The molecule has 0 unspecified atom stereocenters. The molecular formula is C10H17N3O2S. The van der Waals surface area contributed by atoms with Crippen LogP contribution in [0, 0.1) is 10.7 Å². The monoisotopic (exact) mass is 243 g/mol.